The molecule has 0 aliphatic rings. The molecule has 0 heterocycles. The van der Waals surface area contributed by atoms with E-state index >= 15 is 0 Å². The van der Waals surface area contributed by atoms with Crippen LogP contribution in [0.5, 0.6) is 11.5 Å². The molecule has 0 atom stereocenters. The number of halogens is 1. The summed E-state index contributed by atoms with van der Waals surface area (Å²) in [7, 11) is 0. The van der Waals surface area contributed by atoms with Gasteiger partial charge in [0.05, 0.1) is 6.61 Å². The van der Waals surface area contributed by atoms with E-state index in [0.29, 0.717) is 27.1 Å². The molecule has 90 valence electrons. The zero-order valence-electron chi connectivity index (χ0n) is 9.43. The smallest absolute Gasteiger partial charge is 0.146 e. The molecule has 4 heteroatoms. The minimum Gasteiger partial charge on any atom is -0.456 e. The number of rotatable bonds is 3. The van der Waals surface area contributed by atoms with Crippen molar-refractivity contribution in [2.24, 2.45) is 0 Å². The summed E-state index contributed by atoms with van der Waals surface area (Å²) in [5.41, 5.74) is 1.12. The van der Waals surface area contributed by atoms with Gasteiger partial charge in [-0.25, -0.2) is 0 Å². The molecule has 0 spiro atoms. The molecule has 1 N–H and O–H groups in total. The molecule has 3 nitrogen and oxygen atoms in total. The van der Waals surface area contributed by atoms with Crippen LogP contribution in [-0.2, 0) is 6.61 Å². The molecule has 2 rings (SSSR count). The Kier molecular flexibility index (Phi) is 3.98. The fourth-order valence-electron chi connectivity index (χ4n) is 1.55. The fourth-order valence-corrected chi connectivity index (χ4v) is 1.99. The van der Waals surface area contributed by atoms with Gasteiger partial charge in [0, 0.05) is 10.0 Å². The molecule has 18 heavy (non-hydrogen) atoms. The molecule has 0 unspecified atom stereocenters. The Balaban J connectivity index is 2.41. The van der Waals surface area contributed by atoms with Gasteiger partial charge in [0.25, 0.3) is 0 Å². The van der Waals surface area contributed by atoms with Crippen molar-refractivity contribution in [3.05, 3.63) is 58.1 Å². The van der Waals surface area contributed by atoms with Gasteiger partial charge in [0.1, 0.15) is 23.1 Å². The highest BCUT2D eigenvalue weighted by molar-refractivity contribution is 9.10. The molecule has 0 saturated carbocycles. The summed E-state index contributed by atoms with van der Waals surface area (Å²) in [5, 5.41) is 18.3. The lowest BCUT2D eigenvalue weighted by Gasteiger charge is -2.11. The minimum atomic E-state index is -0.105. The van der Waals surface area contributed by atoms with E-state index in [1.54, 1.807) is 30.3 Å². The third-order valence-corrected chi connectivity index (χ3v) is 3.11. The normalized spacial score (nSPS) is 9.83. The van der Waals surface area contributed by atoms with Crippen LogP contribution in [0.2, 0.25) is 0 Å². The average Bonchev–Trinajstić information content (AvgIpc) is 2.40. The van der Waals surface area contributed by atoms with Gasteiger partial charge in [-0.3, -0.25) is 0 Å². The number of hydrogen-bond donors (Lipinski definition) is 1. The van der Waals surface area contributed by atoms with Crippen molar-refractivity contribution in [2.75, 3.05) is 0 Å². The summed E-state index contributed by atoms with van der Waals surface area (Å²) in [6, 6.07) is 14.6. The Morgan fingerprint density at radius 1 is 1.11 bits per heavy atom. The van der Waals surface area contributed by atoms with Crippen LogP contribution >= 0.6 is 15.9 Å². The largest absolute Gasteiger partial charge is 0.456 e. The fraction of sp³-hybridized carbons (Fsp3) is 0.0714. The predicted molar refractivity (Wildman–Crippen MR) is 71.3 cm³/mol. The van der Waals surface area contributed by atoms with Gasteiger partial charge >= 0.3 is 0 Å². The summed E-state index contributed by atoms with van der Waals surface area (Å²) in [6.45, 7) is -0.105. The first-order valence-corrected chi connectivity index (χ1v) is 6.10. The van der Waals surface area contributed by atoms with Crippen molar-refractivity contribution in [1.82, 2.24) is 0 Å². The van der Waals surface area contributed by atoms with Gasteiger partial charge in [-0.05, 0) is 34.1 Å². The molecule has 0 amide bonds. The summed E-state index contributed by atoms with van der Waals surface area (Å²) < 4.78 is 6.37. The van der Waals surface area contributed by atoms with E-state index in [9.17, 15) is 5.11 Å². The topological polar surface area (TPSA) is 53.2 Å². The monoisotopic (exact) mass is 303 g/mol. The van der Waals surface area contributed by atoms with Crippen molar-refractivity contribution in [1.29, 1.82) is 5.26 Å². The Morgan fingerprint density at radius 3 is 2.56 bits per heavy atom. The molecular formula is C14H10BrNO2. The van der Waals surface area contributed by atoms with Crippen LogP contribution in [0.1, 0.15) is 11.1 Å². The Hall–Kier alpha value is -1.83. The Morgan fingerprint density at radius 2 is 1.83 bits per heavy atom. The summed E-state index contributed by atoms with van der Waals surface area (Å²) >= 11 is 3.30. The second-order valence-electron chi connectivity index (χ2n) is 3.59. The van der Waals surface area contributed by atoms with E-state index < -0.39 is 0 Å². The van der Waals surface area contributed by atoms with Gasteiger partial charge in [-0.1, -0.05) is 24.3 Å². The lowest BCUT2D eigenvalue weighted by Crippen LogP contribution is -1.93. The summed E-state index contributed by atoms with van der Waals surface area (Å²) in [6.07, 6.45) is 0. The molecule has 0 aromatic heterocycles. The van der Waals surface area contributed by atoms with Crippen LogP contribution in [0, 0.1) is 11.3 Å². The van der Waals surface area contributed by atoms with Gasteiger partial charge in [0.15, 0.2) is 0 Å². The SMILES string of the molecule is N#Cc1c(Br)cccc1Oc1ccccc1CO. The number of hydrogen-bond acceptors (Lipinski definition) is 3. The van der Waals surface area contributed by atoms with E-state index in [2.05, 4.69) is 22.0 Å². The van der Waals surface area contributed by atoms with Crippen LogP contribution < -0.4 is 4.74 Å². The lowest BCUT2D eigenvalue weighted by atomic mass is 10.2. The van der Waals surface area contributed by atoms with E-state index in [0.717, 1.165) is 0 Å². The van der Waals surface area contributed by atoms with Crippen LogP contribution in [0.25, 0.3) is 0 Å². The van der Waals surface area contributed by atoms with Crippen molar-refractivity contribution in [3.8, 4) is 17.6 Å². The highest BCUT2D eigenvalue weighted by Gasteiger charge is 2.10. The van der Waals surface area contributed by atoms with Crippen LogP contribution in [0.15, 0.2) is 46.9 Å². The van der Waals surface area contributed by atoms with Crippen molar-refractivity contribution in [2.45, 2.75) is 6.61 Å². The molecule has 0 saturated heterocycles. The quantitative estimate of drug-likeness (QED) is 0.942. The number of benzene rings is 2. The summed E-state index contributed by atoms with van der Waals surface area (Å²) in [5.74, 6) is 1.02. The molecule has 2 aromatic carbocycles. The standard InChI is InChI=1S/C14H10BrNO2/c15-12-5-3-7-14(11(12)8-16)18-13-6-2-1-4-10(13)9-17/h1-7,17H,9H2. The number of ether oxygens (including phenoxy) is 1. The van der Waals surface area contributed by atoms with E-state index in [1.807, 2.05) is 12.1 Å². The highest BCUT2D eigenvalue weighted by Crippen LogP contribution is 2.31. The van der Waals surface area contributed by atoms with Crippen LogP contribution in [0.3, 0.4) is 0 Å². The molecule has 0 aliphatic carbocycles. The lowest BCUT2D eigenvalue weighted by molar-refractivity contribution is 0.276. The van der Waals surface area contributed by atoms with Gasteiger partial charge in [-0.2, -0.15) is 5.26 Å². The number of para-hydroxylation sites is 1. The van der Waals surface area contributed by atoms with Gasteiger partial charge < -0.3 is 9.84 Å². The number of aliphatic hydroxyl groups excluding tert-OH is 1. The molecule has 0 bridgehead atoms. The second kappa shape index (κ2) is 5.67. The van der Waals surface area contributed by atoms with Crippen LogP contribution in [0.4, 0.5) is 0 Å². The van der Waals surface area contributed by atoms with E-state index in [1.165, 1.54) is 0 Å². The first kappa shape index (κ1) is 12.6. The first-order chi connectivity index (χ1) is 8.76. The van der Waals surface area contributed by atoms with Gasteiger partial charge in [0.2, 0.25) is 0 Å². The number of nitriles is 1. The maximum absolute atomic E-state index is 9.22. The van der Waals surface area contributed by atoms with E-state index in [-0.39, 0.29) is 6.61 Å². The zero-order valence-corrected chi connectivity index (χ0v) is 11.0. The van der Waals surface area contributed by atoms with Crippen molar-refractivity contribution in [3.63, 3.8) is 0 Å². The first-order valence-electron chi connectivity index (χ1n) is 5.31. The molecular weight excluding hydrogens is 294 g/mol. The maximum Gasteiger partial charge on any atom is 0.146 e. The predicted octanol–water partition coefficient (Wildman–Crippen LogP) is 3.61. The summed E-state index contributed by atoms with van der Waals surface area (Å²) in [4.78, 5) is 0. The molecule has 0 fully saturated rings. The minimum absolute atomic E-state index is 0.105. The van der Waals surface area contributed by atoms with Crippen molar-refractivity contribution >= 4 is 15.9 Å². The highest BCUT2D eigenvalue weighted by atomic mass is 79.9. The van der Waals surface area contributed by atoms with Gasteiger partial charge in [-0.15, -0.1) is 0 Å². The third kappa shape index (κ3) is 2.53. The van der Waals surface area contributed by atoms with Crippen molar-refractivity contribution < 1.29 is 9.84 Å². The average molecular weight is 304 g/mol. The molecule has 2 aromatic rings. The maximum atomic E-state index is 9.22. The number of nitrogens with zero attached hydrogens (tertiary/aromatic N) is 1. The second-order valence-corrected chi connectivity index (χ2v) is 4.45. The van der Waals surface area contributed by atoms with E-state index in [4.69, 9.17) is 10.00 Å². The third-order valence-electron chi connectivity index (χ3n) is 2.45. The molecule has 0 aliphatic heterocycles. The van der Waals surface area contributed by atoms with Crippen LogP contribution in [-0.4, -0.2) is 5.11 Å². The number of aliphatic hydroxyl groups is 1. The Labute approximate surface area is 113 Å². The molecule has 0 radical (unpaired) electrons. The zero-order chi connectivity index (χ0) is 13.0. The Bertz CT molecular complexity index is 605.